The van der Waals surface area contributed by atoms with E-state index in [1.807, 2.05) is 42.2 Å². The van der Waals surface area contributed by atoms with Crippen LogP contribution in [0.25, 0.3) is 0 Å². The summed E-state index contributed by atoms with van der Waals surface area (Å²) in [5.41, 5.74) is 0.797. The van der Waals surface area contributed by atoms with Crippen LogP contribution in [0, 0.1) is 0 Å². The molecule has 2 aliphatic rings. The number of nitrogens with zero attached hydrogens (tertiary/aromatic N) is 3. The SMILES string of the molecule is C[C@@H](C(=O)N1CCOCC1)N1CCN(C(=O)Nc2ccccc2)CC1. The fraction of sp³-hybridized carbons (Fsp3) is 0.556. The second kappa shape index (κ2) is 8.31. The lowest BCUT2D eigenvalue weighted by Crippen LogP contribution is -2.57. The van der Waals surface area contributed by atoms with Gasteiger partial charge in [0.1, 0.15) is 0 Å². The van der Waals surface area contributed by atoms with Crippen molar-refractivity contribution >= 4 is 17.6 Å². The molecule has 7 nitrogen and oxygen atoms in total. The maximum Gasteiger partial charge on any atom is 0.321 e. The molecule has 1 atom stereocenters. The summed E-state index contributed by atoms with van der Waals surface area (Å²) in [5, 5.41) is 2.91. The molecule has 0 spiro atoms. The summed E-state index contributed by atoms with van der Waals surface area (Å²) in [7, 11) is 0. The van der Waals surface area contributed by atoms with Gasteiger partial charge in [-0.1, -0.05) is 18.2 Å². The molecule has 0 saturated carbocycles. The molecule has 2 aliphatic heterocycles. The van der Waals surface area contributed by atoms with Crippen LogP contribution >= 0.6 is 0 Å². The molecule has 1 N–H and O–H groups in total. The number of hydrogen-bond acceptors (Lipinski definition) is 4. The van der Waals surface area contributed by atoms with Crippen molar-refractivity contribution in [3.8, 4) is 0 Å². The quantitative estimate of drug-likeness (QED) is 0.890. The highest BCUT2D eigenvalue weighted by molar-refractivity contribution is 5.89. The van der Waals surface area contributed by atoms with Gasteiger partial charge in [0.15, 0.2) is 0 Å². The number of morpholine rings is 1. The number of hydrogen-bond donors (Lipinski definition) is 1. The molecule has 7 heteroatoms. The van der Waals surface area contributed by atoms with Gasteiger partial charge in [-0.25, -0.2) is 4.79 Å². The molecule has 2 fully saturated rings. The largest absolute Gasteiger partial charge is 0.378 e. The molecular weight excluding hydrogens is 320 g/mol. The van der Waals surface area contributed by atoms with E-state index < -0.39 is 0 Å². The van der Waals surface area contributed by atoms with E-state index in [1.165, 1.54) is 0 Å². The number of carbonyl (C=O) groups is 2. The first-order chi connectivity index (χ1) is 12.1. The Morgan fingerprint density at radius 1 is 0.960 bits per heavy atom. The summed E-state index contributed by atoms with van der Waals surface area (Å²) >= 11 is 0. The van der Waals surface area contributed by atoms with Crippen molar-refractivity contribution in [2.45, 2.75) is 13.0 Å². The monoisotopic (exact) mass is 346 g/mol. The van der Waals surface area contributed by atoms with Gasteiger partial charge in [0.25, 0.3) is 0 Å². The van der Waals surface area contributed by atoms with Gasteiger partial charge in [-0.05, 0) is 19.1 Å². The van der Waals surface area contributed by atoms with Gasteiger partial charge >= 0.3 is 6.03 Å². The summed E-state index contributed by atoms with van der Waals surface area (Å²) < 4.78 is 5.31. The van der Waals surface area contributed by atoms with Gasteiger partial charge in [-0.15, -0.1) is 0 Å². The summed E-state index contributed by atoms with van der Waals surface area (Å²) in [6, 6.07) is 9.21. The molecule has 0 aliphatic carbocycles. The third-order valence-electron chi connectivity index (χ3n) is 4.85. The average Bonchev–Trinajstić information content (AvgIpc) is 2.68. The van der Waals surface area contributed by atoms with Crippen molar-refractivity contribution in [2.75, 3.05) is 57.8 Å². The van der Waals surface area contributed by atoms with E-state index in [0.717, 1.165) is 5.69 Å². The minimum Gasteiger partial charge on any atom is -0.378 e. The van der Waals surface area contributed by atoms with Crippen molar-refractivity contribution in [3.05, 3.63) is 30.3 Å². The van der Waals surface area contributed by atoms with Gasteiger partial charge < -0.3 is 19.9 Å². The van der Waals surface area contributed by atoms with Crippen LogP contribution in [0.1, 0.15) is 6.92 Å². The van der Waals surface area contributed by atoms with Crippen molar-refractivity contribution in [2.24, 2.45) is 0 Å². The number of carbonyl (C=O) groups excluding carboxylic acids is 2. The number of rotatable bonds is 3. The summed E-state index contributed by atoms with van der Waals surface area (Å²) in [4.78, 5) is 30.8. The molecule has 0 aromatic heterocycles. The van der Waals surface area contributed by atoms with Crippen LogP contribution in [-0.2, 0) is 9.53 Å². The molecule has 2 heterocycles. The van der Waals surface area contributed by atoms with Crippen LogP contribution < -0.4 is 5.32 Å². The molecule has 1 aromatic carbocycles. The molecule has 2 saturated heterocycles. The van der Waals surface area contributed by atoms with Crippen molar-refractivity contribution < 1.29 is 14.3 Å². The molecule has 0 bridgehead atoms. The zero-order valence-corrected chi connectivity index (χ0v) is 14.7. The maximum atomic E-state index is 12.6. The summed E-state index contributed by atoms with van der Waals surface area (Å²) in [6.45, 7) is 7.19. The van der Waals surface area contributed by atoms with Crippen molar-refractivity contribution in [1.82, 2.24) is 14.7 Å². The fourth-order valence-corrected chi connectivity index (χ4v) is 3.24. The Kier molecular flexibility index (Phi) is 5.88. The molecule has 0 unspecified atom stereocenters. The van der Waals surface area contributed by atoms with Crippen LogP contribution in [-0.4, -0.2) is 85.2 Å². The van der Waals surface area contributed by atoms with Crippen LogP contribution in [0.2, 0.25) is 0 Å². The molecule has 1 aromatic rings. The first-order valence-corrected chi connectivity index (χ1v) is 8.87. The lowest BCUT2D eigenvalue weighted by atomic mass is 10.2. The van der Waals surface area contributed by atoms with E-state index in [2.05, 4.69) is 10.2 Å². The normalized spacial score (nSPS) is 20.2. The highest BCUT2D eigenvalue weighted by Gasteiger charge is 2.30. The zero-order valence-electron chi connectivity index (χ0n) is 14.7. The van der Waals surface area contributed by atoms with E-state index >= 15 is 0 Å². The van der Waals surface area contributed by atoms with Gasteiger partial charge in [-0.3, -0.25) is 9.69 Å². The Hall–Kier alpha value is -2.12. The lowest BCUT2D eigenvalue weighted by Gasteiger charge is -2.39. The molecule has 3 amide bonds. The predicted octanol–water partition coefficient (Wildman–Crippen LogP) is 1.08. The minimum atomic E-state index is -0.155. The van der Waals surface area contributed by atoms with Crippen molar-refractivity contribution in [3.63, 3.8) is 0 Å². The number of nitrogens with one attached hydrogen (secondary N) is 1. The number of urea groups is 1. The highest BCUT2D eigenvalue weighted by Crippen LogP contribution is 2.12. The molecule has 136 valence electrons. The number of anilines is 1. The van der Waals surface area contributed by atoms with E-state index in [-0.39, 0.29) is 18.0 Å². The van der Waals surface area contributed by atoms with E-state index in [9.17, 15) is 9.59 Å². The second-order valence-corrected chi connectivity index (χ2v) is 6.43. The molecule has 25 heavy (non-hydrogen) atoms. The number of para-hydroxylation sites is 1. The first-order valence-electron chi connectivity index (χ1n) is 8.87. The Bertz CT molecular complexity index is 581. The van der Waals surface area contributed by atoms with Gasteiger partial charge in [0, 0.05) is 45.0 Å². The molecule has 3 rings (SSSR count). The molecular formula is C18H26N4O3. The maximum absolute atomic E-state index is 12.6. The second-order valence-electron chi connectivity index (χ2n) is 6.43. The van der Waals surface area contributed by atoms with E-state index in [1.54, 1.807) is 4.90 Å². The standard InChI is InChI=1S/C18H26N4O3/c1-15(17(23)21-11-13-25-14-12-21)20-7-9-22(10-8-20)18(24)19-16-5-3-2-4-6-16/h2-6,15H,7-14H2,1H3,(H,19,24)/t15-/m0/s1. The van der Waals surface area contributed by atoms with Crippen molar-refractivity contribution in [1.29, 1.82) is 0 Å². The fourth-order valence-electron chi connectivity index (χ4n) is 3.24. The number of ether oxygens (including phenoxy) is 1. The third-order valence-corrected chi connectivity index (χ3v) is 4.85. The van der Waals surface area contributed by atoms with Gasteiger partial charge in [0.05, 0.1) is 19.3 Å². The van der Waals surface area contributed by atoms with Crippen LogP contribution in [0.3, 0.4) is 0 Å². The van der Waals surface area contributed by atoms with Crippen LogP contribution in [0.4, 0.5) is 10.5 Å². The first kappa shape index (κ1) is 17.7. The summed E-state index contributed by atoms with van der Waals surface area (Å²) in [6.07, 6.45) is 0. The summed E-state index contributed by atoms with van der Waals surface area (Å²) in [5.74, 6) is 0.158. The predicted molar refractivity (Wildman–Crippen MR) is 95.5 cm³/mol. The topological polar surface area (TPSA) is 65.1 Å². The van der Waals surface area contributed by atoms with E-state index in [0.29, 0.717) is 52.5 Å². The van der Waals surface area contributed by atoms with Gasteiger partial charge in [-0.2, -0.15) is 0 Å². The third kappa shape index (κ3) is 4.49. The lowest BCUT2D eigenvalue weighted by molar-refractivity contribution is -0.141. The van der Waals surface area contributed by atoms with Gasteiger partial charge in [0.2, 0.25) is 5.91 Å². The zero-order chi connectivity index (χ0) is 17.6. The Morgan fingerprint density at radius 3 is 2.24 bits per heavy atom. The Balaban J connectivity index is 1.47. The van der Waals surface area contributed by atoms with Crippen LogP contribution in [0.5, 0.6) is 0 Å². The molecule has 0 radical (unpaired) electrons. The van der Waals surface area contributed by atoms with Crippen LogP contribution in [0.15, 0.2) is 30.3 Å². The number of piperazine rings is 1. The Morgan fingerprint density at radius 2 is 1.60 bits per heavy atom. The number of amides is 3. The average molecular weight is 346 g/mol. The highest BCUT2D eigenvalue weighted by atomic mass is 16.5. The number of benzene rings is 1. The van der Waals surface area contributed by atoms with E-state index in [4.69, 9.17) is 4.74 Å². The minimum absolute atomic E-state index is 0.0852. The smallest absolute Gasteiger partial charge is 0.321 e. The Labute approximate surface area is 148 Å².